The SMILES string of the molecule is CCCCCC[C@@H](O)CCOC1OC(COCCCC)C(OCCCC)C(OCCCC)C1OCCCC. The molecule has 0 aromatic carbocycles. The van der Waals surface area contributed by atoms with Gasteiger partial charge in [0, 0.05) is 26.4 Å². The van der Waals surface area contributed by atoms with Gasteiger partial charge in [0.15, 0.2) is 6.29 Å². The molecular formula is C31H62O7. The van der Waals surface area contributed by atoms with Gasteiger partial charge in [0.2, 0.25) is 0 Å². The van der Waals surface area contributed by atoms with Crippen LogP contribution in [0.2, 0.25) is 0 Å². The molecule has 7 nitrogen and oxygen atoms in total. The minimum Gasteiger partial charge on any atom is -0.393 e. The summed E-state index contributed by atoms with van der Waals surface area (Å²) >= 11 is 0. The maximum Gasteiger partial charge on any atom is 0.186 e. The second kappa shape index (κ2) is 24.5. The van der Waals surface area contributed by atoms with Crippen LogP contribution in [0.3, 0.4) is 0 Å². The van der Waals surface area contributed by atoms with Crippen molar-refractivity contribution in [2.24, 2.45) is 0 Å². The third-order valence-electron chi connectivity index (χ3n) is 7.06. The molecule has 1 fully saturated rings. The first kappa shape index (κ1) is 35.7. The van der Waals surface area contributed by atoms with Crippen molar-refractivity contribution >= 4 is 0 Å². The van der Waals surface area contributed by atoms with Gasteiger partial charge in [-0.1, -0.05) is 86.0 Å². The van der Waals surface area contributed by atoms with Crippen molar-refractivity contribution in [2.45, 2.75) is 161 Å². The van der Waals surface area contributed by atoms with E-state index < -0.39 is 12.4 Å². The predicted octanol–water partition coefficient (Wildman–Crippen LogP) is 6.82. The van der Waals surface area contributed by atoms with Gasteiger partial charge in [-0.3, -0.25) is 0 Å². The van der Waals surface area contributed by atoms with Crippen molar-refractivity contribution < 1.29 is 33.5 Å². The number of ether oxygens (including phenoxy) is 6. The highest BCUT2D eigenvalue weighted by Crippen LogP contribution is 2.30. The van der Waals surface area contributed by atoms with E-state index in [9.17, 15) is 5.11 Å². The summed E-state index contributed by atoms with van der Waals surface area (Å²) in [6.07, 6.45) is 12.0. The molecule has 1 rings (SSSR count). The van der Waals surface area contributed by atoms with E-state index in [2.05, 4.69) is 34.6 Å². The lowest BCUT2D eigenvalue weighted by Crippen LogP contribution is -2.62. The van der Waals surface area contributed by atoms with Crippen LogP contribution in [0.25, 0.3) is 0 Å². The molecule has 1 aliphatic heterocycles. The molecule has 0 radical (unpaired) electrons. The minimum atomic E-state index is -0.587. The molecule has 1 saturated heterocycles. The van der Waals surface area contributed by atoms with Crippen molar-refractivity contribution in [3.8, 4) is 0 Å². The zero-order valence-electron chi connectivity index (χ0n) is 25.5. The number of unbranched alkanes of at least 4 members (excludes halogenated alkanes) is 7. The number of hydrogen-bond acceptors (Lipinski definition) is 7. The van der Waals surface area contributed by atoms with E-state index in [-0.39, 0.29) is 24.4 Å². The van der Waals surface area contributed by atoms with Gasteiger partial charge in [0.1, 0.15) is 24.4 Å². The summed E-state index contributed by atoms with van der Waals surface area (Å²) in [5.74, 6) is 0. The molecule has 1 heterocycles. The van der Waals surface area contributed by atoms with Crippen LogP contribution in [0.1, 0.15) is 125 Å². The van der Waals surface area contributed by atoms with Gasteiger partial charge in [-0.2, -0.15) is 0 Å². The maximum atomic E-state index is 10.5. The van der Waals surface area contributed by atoms with Gasteiger partial charge in [-0.15, -0.1) is 0 Å². The van der Waals surface area contributed by atoms with Gasteiger partial charge in [-0.05, 0) is 38.5 Å². The molecule has 0 saturated carbocycles. The van der Waals surface area contributed by atoms with Crippen LogP contribution in [0.4, 0.5) is 0 Å². The summed E-state index contributed by atoms with van der Waals surface area (Å²) in [5.41, 5.74) is 0. The average molecular weight is 547 g/mol. The van der Waals surface area contributed by atoms with Crippen LogP contribution in [0.15, 0.2) is 0 Å². The van der Waals surface area contributed by atoms with E-state index in [4.69, 9.17) is 28.4 Å². The fourth-order valence-electron chi connectivity index (χ4n) is 4.52. The summed E-state index contributed by atoms with van der Waals surface area (Å²) in [6, 6.07) is 0. The van der Waals surface area contributed by atoms with Crippen LogP contribution in [-0.2, 0) is 28.4 Å². The molecule has 38 heavy (non-hydrogen) atoms. The molecule has 0 bridgehead atoms. The largest absolute Gasteiger partial charge is 0.393 e. The Kier molecular flexibility index (Phi) is 23.1. The Morgan fingerprint density at radius 2 is 1.11 bits per heavy atom. The van der Waals surface area contributed by atoms with Crippen LogP contribution in [-0.4, -0.2) is 81.6 Å². The zero-order chi connectivity index (χ0) is 27.8. The van der Waals surface area contributed by atoms with E-state index in [0.29, 0.717) is 46.1 Å². The Labute approximate surface area is 234 Å². The molecule has 1 N–H and O–H groups in total. The van der Waals surface area contributed by atoms with Crippen molar-refractivity contribution in [1.29, 1.82) is 0 Å². The zero-order valence-corrected chi connectivity index (χ0v) is 25.5. The Balaban J connectivity index is 2.97. The molecule has 7 heteroatoms. The summed E-state index contributed by atoms with van der Waals surface area (Å²) in [6.45, 7) is 14.3. The number of aliphatic hydroxyl groups excluding tert-OH is 1. The Morgan fingerprint density at radius 3 is 1.71 bits per heavy atom. The van der Waals surface area contributed by atoms with E-state index in [1.165, 1.54) is 19.3 Å². The van der Waals surface area contributed by atoms with Gasteiger partial charge >= 0.3 is 0 Å². The van der Waals surface area contributed by atoms with E-state index in [1.807, 2.05) is 0 Å². The fourth-order valence-corrected chi connectivity index (χ4v) is 4.52. The number of rotatable bonds is 26. The third kappa shape index (κ3) is 15.5. The van der Waals surface area contributed by atoms with Gasteiger partial charge in [-0.25, -0.2) is 0 Å². The van der Waals surface area contributed by atoms with Crippen molar-refractivity contribution in [3.05, 3.63) is 0 Å². The molecule has 0 aromatic rings. The van der Waals surface area contributed by atoms with Gasteiger partial charge in [0.25, 0.3) is 0 Å². The normalized spacial score (nSPS) is 24.6. The van der Waals surface area contributed by atoms with Gasteiger partial charge < -0.3 is 33.5 Å². The minimum absolute atomic E-state index is 0.282. The lowest BCUT2D eigenvalue weighted by Gasteiger charge is -2.46. The Hall–Kier alpha value is -0.280. The van der Waals surface area contributed by atoms with Crippen molar-refractivity contribution in [2.75, 3.05) is 39.6 Å². The second-order valence-corrected chi connectivity index (χ2v) is 10.7. The lowest BCUT2D eigenvalue weighted by atomic mass is 9.98. The summed E-state index contributed by atoms with van der Waals surface area (Å²) in [7, 11) is 0. The molecule has 0 amide bonds. The average Bonchev–Trinajstić information content (AvgIpc) is 2.91. The monoisotopic (exact) mass is 546 g/mol. The number of aliphatic hydroxyl groups is 1. The summed E-state index contributed by atoms with van der Waals surface area (Å²) in [5, 5.41) is 10.5. The first-order valence-electron chi connectivity index (χ1n) is 16.0. The molecule has 0 spiro atoms. The molecule has 5 unspecified atom stereocenters. The fraction of sp³-hybridized carbons (Fsp3) is 1.00. The van der Waals surface area contributed by atoms with E-state index >= 15 is 0 Å². The highest BCUT2D eigenvalue weighted by Gasteiger charge is 2.48. The van der Waals surface area contributed by atoms with E-state index in [1.54, 1.807) is 0 Å². The highest BCUT2D eigenvalue weighted by atomic mass is 16.7. The Bertz CT molecular complexity index is 507. The van der Waals surface area contributed by atoms with Crippen molar-refractivity contribution in [3.63, 3.8) is 0 Å². The molecular weight excluding hydrogens is 484 g/mol. The van der Waals surface area contributed by atoms with Crippen LogP contribution in [0, 0.1) is 0 Å². The smallest absolute Gasteiger partial charge is 0.186 e. The van der Waals surface area contributed by atoms with Crippen LogP contribution < -0.4 is 0 Å². The first-order chi connectivity index (χ1) is 18.6. The standard InChI is InChI=1S/C31H62O7/c1-6-11-16-17-18-26(32)19-24-37-31-30(36-23-15-10-5)29(35-22-14-9-4)28(34-21-13-8-3)27(38-31)25-33-20-12-7-2/h26-32H,6-25H2,1-5H3/t26-,27?,28?,29?,30?,31?/m1/s1. The third-order valence-corrected chi connectivity index (χ3v) is 7.06. The van der Waals surface area contributed by atoms with E-state index in [0.717, 1.165) is 64.2 Å². The predicted molar refractivity (Wildman–Crippen MR) is 154 cm³/mol. The lowest BCUT2D eigenvalue weighted by molar-refractivity contribution is -0.324. The Morgan fingerprint density at radius 1 is 0.553 bits per heavy atom. The quantitative estimate of drug-likeness (QED) is 0.119. The first-order valence-corrected chi connectivity index (χ1v) is 16.0. The number of hydrogen-bond donors (Lipinski definition) is 1. The molecule has 0 aliphatic carbocycles. The summed E-state index contributed by atoms with van der Waals surface area (Å²) < 4.78 is 38.1. The van der Waals surface area contributed by atoms with Crippen molar-refractivity contribution in [1.82, 2.24) is 0 Å². The molecule has 228 valence electrons. The topological polar surface area (TPSA) is 75.6 Å². The van der Waals surface area contributed by atoms with Crippen LogP contribution >= 0.6 is 0 Å². The molecule has 6 atom stereocenters. The summed E-state index contributed by atoms with van der Waals surface area (Å²) in [4.78, 5) is 0. The molecule has 1 aliphatic rings. The molecule has 0 aromatic heterocycles. The second-order valence-electron chi connectivity index (χ2n) is 10.7. The highest BCUT2D eigenvalue weighted by molar-refractivity contribution is 4.93. The maximum absolute atomic E-state index is 10.5. The van der Waals surface area contributed by atoms with Gasteiger partial charge in [0.05, 0.1) is 19.3 Å². The van der Waals surface area contributed by atoms with Crippen LogP contribution in [0.5, 0.6) is 0 Å².